The summed E-state index contributed by atoms with van der Waals surface area (Å²) in [7, 11) is 0. The molecule has 0 radical (unpaired) electrons. The molecule has 2 unspecified atom stereocenters. The van der Waals surface area contributed by atoms with Crippen LogP contribution in [0.2, 0.25) is 0 Å². The maximum absolute atomic E-state index is 11.6. The number of hydroxylamine groups is 2. The minimum atomic E-state index is -1.59. The molecule has 5 nitrogen and oxygen atoms in total. The molecule has 0 saturated carbocycles. The first-order valence-electron chi connectivity index (χ1n) is 5.70. The first kappa shape index (κ1) is 12.5. The van der Waals surface area contributed by atoms with Gasteiger partial charge in [0.1, 0.15) is 6.10 Å². The average molecular weight is 238 g/mol. The molecule has 5 heteroatoms. The quantitative estimate of drug-likeness (QED) is 0.762. The van der Waals surface area contributed by atoms with Crippen molar-refractivity contribution >= 4 is 0 Å². The van der Waals surface area contributed by atoms with Crippen molar-refractivity contribution in [3.63, 3.8) is 0 Å². The van der Waals surface area contributed by atoms with Gasteiger partial charge >= 0.3 is 0 Å². The number of aliphatic hydroxyl groups excluding tert-OH is 1. The van der Waals surface area contributed by atoms with E-state index in [4.69, 9.17) is 15.1 Å². The molecule has 1 aliphatic heterocycles. The summed E-state index contributed by atoms with van der Waals surface area (Å²) in [4.78, 5) is 4.91. The van der Waals surface area contributed by atoms with Crippen LogP contribution in [-0.4, -0.2) is 33.9 Å². The van der Waals surface area contributed by atoms with Crippen LogP contribution in [0.25, 0.3) is 0 Å². The summed E-state index contributed by atoms with van der Waals surface area (Å²) in [6.45, 7) is 0. The second-order valence-electron chi connectivity index (χ2n) is 4.26. The molecule has 2 atom stereocenters. The smallest absolute Gasteiger partial charge is 0.180 e. The lowest BCUT2D eigenvalue weighted by atomic mass is 9.99. The fourth-order valence-corrected chi connectivity index (χ4v) is 2.00. The van der Waals surface area contributed by atoms with Gasteiger partial charge in [0, 0.05) is 6.04 Å². The van der Waals surface area contributed by atoms with Gasteiger partial charge in [-0.2, -0.15) is 0 Å². The molecular formula is C12H16NO4-. The molecule has 0 amide bonds. The standard InChI is InChI=1S/C12H16NO4/c14-12(15)11-7-6-10(13(16)17-11)8-9-4-2-1-3-5-9/h1-5,10-12,14-15H,6-8H2/q-1. The molecule has 94 valence electrons. The van der Waals surface area contributed by atoms with Crippen LogP contribution in [0.5, 0.6) is 0 Å². The highest BCUT2D eigenvalue weighted by atomic mass is 16.9. The van der Waals surface area contributed by atoms with Gasteiger partial charge in [0.15, 0.2) is 6.29 Å². The van der Waals surface area contributed by atoms with Crippen LogP contribution in [0.15, 0.2) is 30.3 Å². The lowest BCUT2D eigenvalue weighted by Crippen LogP contribution is -2.45. The molecule has 1 aliphatic rings. The number of nitrogens with zero attached hydrogens (tertiary/aromatic N) is 1. The van der Waals surface area contributed by atoms with Gasteiger partial charge in [-0.15, -0.1) is 0 Å². The van der Waals surface area contributed by atoms with Gasteiger partial charge in [-0.1, -0.05) is 30.3 Å². The van der Waals surface area contributed by atoms with Crippen LogP contribution in [0.1, 0.15) is 18.4 Å². The van der Waals surface area contributed by atoms with E-state index in [1.54, 1.807) is 0 Å². The summed E-state index contributed by atoms with van der Waals surface area (Å²) in [6.07, 6.45) is -0.712. The minimum Gasteiger partial charge on any atom is -0.762 e. The summed E-state index contributed by atoms with van der Waals surface area (Å²) in [5.41, 5.74) is 1.07. The Kier molecular flexibility index (Phi) is 4.09. The maximum Gasteiger partial charge on any atom is 0.180 e. The van der Waals surface area contributed by atoms with Crippen molar-refractivity contribution in [1.29, 1.82) is 0 Å². The van der Waals surface area contributed by atoms with E-state index in [-0.39, 0.29) is 6.04 Å². The zero-order chi connectivity index (χ0) is 12.3. The molecular weight excluding hydrogens is 222 g/mol. The highest BCUT2D eigenvalue weighted by Gasteiger charge is 2.27. The summed E-state index contributed by atoms with van der Waals surface area (Å²) < 4.78 is 0. The van der Waals surface area contributed by atoms with E-state index in [0.29, 0.717) is 24.5 Å². The van der Waals surface area contributed by atoms with Crippen LogP contribution < -0.4 is 0 Å². The molecule has 2 rings (SSSR count). The average Bonchev–Trinajstić information content (AvgIpc) is 2.33. The molecule has 1 saturated heterocycles. The Morgan fingerprint density at radius 1 is 1.29 bits per heavy atom. The Morgan fingerprint density at radius 2 is 2.00 bits per heavy atom. The van der Waals surface area contributed by atoms with Crippen LogP contribution in [-0.2, 0) is 11.3 Å². The number of hydrogen-bond donors (Lipinski definition) is 2. The van der Waals surface area contributed by atoms with E-state index in [1.807, 2.05) is 30.3 Å². The Morgan fingerprint density at radius 3 is 2.59 bits per heavy atom. The largest absolute Gasteiger partial charge is 0.762 e. The molecule has 17 heavy (non-hydrogen) atoms. The maximum atomic E-state index is 11.6. The molecule has 1 heterocycles. The van der Waals surface area contributed by atoms with E-state index in [9.17, 15) is 5.21 Å². The highest BCUT2D eigenvalue weighted by Crippen LogP contribution is 2.23. The highest BCUT2D eigenvalue weighted by molar-refractivity contribution is 5.16. The first-order valence-corrected chi connectivity index (χ1v) is 5.70. The fraction of sp³-hybridized carbons (Fsp3) is 0.500. The van der Waals surface area contributed by atoms with Crippen LogP contribution in [0.3, 0.4) is 0 Å². The van der Waals surface area contributed by atoms with Crippen molar-refractivity contribution < 1.29 is 15.1 Å². The second-order valence-corrected chi connectivity index (χ2v) is 4.26. The summed E-state index contributed by atoms with van der Waals surface area (Å²) >= 11 is 0. The number of rotatable bonds is 3. The first-order chi connectivity index (χ1) is 8.16. The third kappa shape index (κ3) is 3.24. The third-order valence-corrected chi connectivity index (χ3v) is 2.97. The van der Waals surface area contributed by atoms with Gasteiger partial charge in [-0.05, 0) is 24.8 Å². The van der Waals surface area contributed by atoms with Crippen molar-refractivity contribution in [3.05, 3.63) is 41.1 Å². The Hall–Kier alpha value is -0.980. The monoisotopic (exact) mass is 238 g/mol. The zero-order valence-corrected chi connectivity index (χ0v) is 9.40. The van der Waals surface area contributed by atoms with Gasteiger partial charge in [-0.25, -0.2) is 0 Å². The summed E-state index contributed by atoms with van der Waals surface area (Å²) in [5.74, 6) is 0. The van der Waals surface area contributed by atoms with Crippen LogP contribution in [0, 0.1) is 5.21 Å². The number of benzene rings is 1. The summed E-state index contributed by atoms with van der Waals surface area (Å²) in [5, 5.41) is 30.0. The minimum absolute atomic E-state index is 0.257. The van der Waals surface area contributed by atoms with E-state index < -0.39 is 12.4 Å². The SMILES string of the molecule is [O-]N1OC(C(O)O)CCC1Cc1ccccc1. The van der Waals surface area contributed by atoms with E-state index >= 15 is 0 Å². The molecule has 0 bridgehead atoms. The summed E-state index contributed by atoms with van der Waals surface area (Å²) in [6, 6.07) is 9.44. The molecule has 0 aromatic heterocycles. The van der Waals surface area contributed by atoms with Gasteiger partial charge in [0.2, 0.25) is 0 Å². The number of hydrogen-bond acceptors (Lipinski definition) is 5. The number of aliphatic hydroxyl groups is 2. The third-order valence-electron chi connectivity index (χ3n) is 2.97. The van der Waals surface area contributed by atoms with Crippen molar-refractivity contribution in [2.24, 2.45) is 0 Å². The van der Waals surface area contributed by atoms with Crippen LogP contribution >= 0.6 is 0 Å². The topological polar surface area (TPSA) is 76.0 Å². The van der Waals surface area contributed by atoms with Gasteiger partial charge in [-0.3, -0.25) is 5.23 Å². The molecule has 1 aromatic rings. The fourth-order valence-electron chi connectivity index (χ4n) is 2.00. The molecule has 0 spiro atoms. The van der Waals surface area contributed by atoms with Gasteiger partial charge in [0.05, 0.1) is 0 Å². The Bertz CT molecular complexity index is 344. The lowest BCUT2D eigenvalue weighted by Gasteiger charge is -2.43. The molecule has 0 aliphatic carbocycles. The predicted molar refractivity (Wildman–Crippen MR) is 61.5 cm³/mol. The normalized spacial score (nSPS) is 26.4. The molecule has 1 fully saturated rings. The Balaban J connectivity index is 1.92. The van der Waals surface area contributed by atoms with Crippen LogP contribution in [0.4, 0.5) is 0 Å². The second kappa shape index (κ2) is 5.57. The predicted octanol–water partition coefficient (Wildman–Crippen LogP) is 0.802. The van der Waals surface area contributed by atoms with E-state index in [1.165, 1.54) is 0 Å². The van der Waals surface area contributed by atoms with Crippen molar-refractivity contribution in [2.45, 2.75) is 37.7 Å². The van der Waals surface area contributed by atoms with E-state index in [2.05, 4.69) is 0 Å². The molecule has 2 N–H and O–H groups in total. The zero-order valence-electron chi connectivity index (χ0n) is 9.40. The van der Waals surface area contributed by atoms with Crippen molar-refractivity contribution in [1.82, 2.24) is 5.23 Å². The Labute approximate surface area is 99.8 Å². The van der Waals surface area contributed by atoms with Gasteiger partial charge < -0.3 is 20.3 Å². The van der Waals surface area contributed by atoms with Crippen molar-refractivity contribution in [2.75, 3.05) is 0 Å². The van der Waals surface area contributed by atoms with E-state index in [0.717, 1.165) is 5.56 Å². The molecule has 1 aromatic carbocycles. The van der Waals surface area contributed by atoms with Crippen molar-refractivity contribution in [3.8, 4) is 0 Å². The van der Waals surface area contributed by atoms with Gasteiger partial charge in [0.25, 0.3) is 0 Å². The lowest BCUT2D eigenvalue weighted by molar-refractivity contribution is -0.273.